The third kappa shape index (κ3) is 5.60. The van der Waals surface area contributed by atoms with Crippen molar-refractivity contribution in [3.63, 3.8) is 0 Å². The van der Waals surface area contributed by atoms with Crippen LogP contribution in [0.5, 0.6) is 0 Å². The van der Waals surface area contributed by atoms with Crippen molar-refractivity contribution < 1.29 is 0 Å². The molecule has 0 radical (unpaired) electrons. The lowest BCUT2D eigenvalue weighted by Crippen LogP contribution is -2.25. The van der Waals surface area contributed by atoms with E-state index >= 15 is 0 Å². The van der Waals surface area contributed by atoms with Gasteiger partial charge < -0.3 is 4.90 Å². The van der Waals surface area contributed by atoms with E-state index in [2.05, 4.69) is 246 Å². The molecular formula is C60H49N. The van der Waals surface area contributed by atoms with Gasteiger partial charge in [0.05, 0.1) is 5.69 Å². The first kappa shape index (κ1) is 37.1. The Morgan fingerprint density at radius 1 is 0.377 bits per heavy atom. The molecule has 0 aliphatic heterocycles. The van der Waals surface area contributed by atoms with Gasteiger partial charge in [-0.05, 0) is 121 Å². The van der Waals surface area contributed by atoms with E-state index in [1.165, 1.54) is 83.1 Å². The van der Waals surface area contributed by atoms with E-state index in [9.17, 15) is 0 Å². The number of hydrogen-bond acceptors (Lipinski definition) is 1. The lowest BCUT2D eigenvalue weighted by Gasteiger charge is -2.33. The van der Waals surface area contributed by atoms with Gasteiger partial charge in [-0.15, -0.1) is 0 Å². The fraction of sp³-hybridized carbons (Fsp3) is 0.133. The summed E-state index contributed by atoms with van der Waals surface area (Å²) in [6.45, 7) is 11.8. The van der Waals surface area contributed by atoms with Gasteiger partial charge in [0.15, 0.2) is 0 Å². The van der Waals surface area contributed by atoms with E-state index in [1.807, 2.05) is 0 Å². The molecule has 0 saturated carbocycles. The predicted molar refractivity (Wildman–Crippen MR) is 258 cm³/mol. The Labute approximate surface area is 360 Å². The van der Waals surface area contributed by atoms with Crippen molar-refractivity contribution >= 4 is 27.8 Å². The molecule has 9 aromatic rings. The molecule has 0 N–H and O–H groups in total. The molecule has 0 unspecified atom stereocenters. The molecule has 0 spiro atoms. The quantitative estimate of drug-likeness (QED) is 0.146. The van der Waals surface area contributed by atoms with Gasteiger partial charge in [-0.25, -0.2) is 0 Å². The van der Waals surface area contributed by atoms with Crippen LogP contribution in [0.3, 0.4) is 0 Å². The van der Waals surface area contributed by atoms with Crippen LogP contribution in [0.2, 0.25) is 0 Å². The summed E-state index contributed by atoms with van der Waals surface area (Å²) in [5.74, 6) is 0. The molecule has 2 aliphatic carbocycles. The molecule has 0 aromatic heterocycles. The lowest BCUT2D eigenvalue weighted by atomic mass is 9.71. The number of benzene rings is 9. The lowest BCUT2D eigenvalue weighted by molar-refractivity contribution is 0.660. The highest BCUT2D eigenvalue weighted by Crippen LogP contribution is 2.54. The summed E-state index contributed by atoms with van der Waals surface area (Å²) in [5.41, 5.74) is 19.9. The van der Waals surface area contributed by atoms with E-state index in [0.717, 1.165) is 17.1 Å². The Kier molecular flexibility index (Phi) is 8.38. The predicted octanol–water partition coefficient (Wildman–Crippen LogP) is 15.9. The minimum Gasteiger partial charge on any atom is -0.310 e. The van der Waals surface area contributed by atoms with Gasteiger partial charge in [0, 0.05) is 33.2 Å². The highest BCUT2D eigenvalue weighted by atomic mass is 15.1. The summed E-state index contributed by atoms with van der Waals surface area (Å²) < 4.78 is 0. The number of fused-ring (bicyclic) bond motifs is 7. The average Bonchev–Trinajstić information content (AvgIpc) is 3.68. The van der Waals surface area contributed by atoms with E-state index in [4.69, 9.17) is 0 Å². The molecule has 1 nitrogen and oxygen atoms in total. The fourth-order valence-corrected chi connectivity index (χ4v) is 10.9. The average molecular weight is 784 g/mol. The normalized spacial score (nSPS) is 14.2. The minimum atomic E-state index is -0.350. The summed E-state index contributed by atoms with van der Waals surface area (Å²) in [7, 11) is 0. The highest BCUT2D eigenvalue weighted by molar-refractivity contribution is 6.06. The molecule has 0 bridgehead atoms. The van der Waals surface area contributed by atoms with Gasteiger partial charge in [0.2, 0.25) is 0 Å². The second-order valence-corrected chi connectivity index (χ2v) is 18.3. The van der Waals surface area contributed by atoms with Crippen LogP contribution in [0.4, 0.5) is 17.1 Å². The van der Waals surface area contributed by atoms with E-state index in [1.54, 1.807) is 0 Å². The van der Waals surface area contributed by atoms with Crippen LogP contribution in [0.1, 0.15) is 73.6 Å². The van der Waals surface area contributed by atoms with Crippen LogP contribution in [0.15, 0.2) is 206 Å². The third-order valence-electron chi connectivity index (χ3n) is 14.3. The molecule has 9 aromatic carbocycles. The van der Waals surface area contributed by atoms with Crippen LogP contribution in [-0.4, -0.2) is 0 Å². The van der Waals surface area contributed by atoms with Crippen LogP contribution in [0.25, 0.3) is 44.2 Å². The first-order valence-electron chi connectivity index (χ1n) is 21.7. The van der Waals surface area contributed by atoms with E-state index in [-0.39, 0.29) is 16.2 Å². The first-order valence-corrected chi connectivity index (χ1v) is 21.7. The Morgan fingerprint density at radius 2 is 0.852 bits per heavy atom. The maximum atomic E-state index is 2.51. The van der Waals surface area contributed by atoms with Crippen molar-refractivity contribution in [3.8, 4) is 33.4 Å². The molecule has 2 aliphatic rings. The second kappa shape index (κ2) is 13.8. The fourth-order valence-electron chi connectivity index (χ4n) is 10.9. The van der Waals surface area contributed by atoms with Gasteiger partial charge in [0.1, 0.15) is 0 Å². The van der Waals surface area contributed by atoms with E-state index in [0.29, 0.717) is 0 Å². The smallest absolute Gasteiger partial charge is 0.0546 e. The Bertz CT molecular complexity index is 3090. The van der Waals surface area contributed by atoms with Crippen molar-refractivity contribution in [1.82, 2.24) is 0 Å². The van der Waals surface area contributed by atoms with Crippen LogP contribution < -0.4 is 4.90 Å². The Hall–Kier alpha value is -6.96. The van der Waals surface area contributed by atoms with Crippen molar-refractivity contribution in [2.45, 2.75) is 50.9 Å². The molecule has 294 valence electrons. The van der Waals surface area contributed by atoms with Crippen molar-refractivity contribution in [1.29, 1.82) is 0 Å². The molecule has 0 saturated heterocycles. The standard InChI is InChI=1S/C60H49N/c1-58(2)52-26-16-14-24-48(52)50-38-41(28-35-54(50)58)57-47-23-13-12-18-40(47)29-37-56(57)61(46-34-36-55-51(39-46)49-25-15-17-27-53(49)59(55,3)4)45-32-30-44(31-33-45)60(5,42-19-8-6-9-20-42)43-21-10-7-11-22-43/h6-39H,1-5H3. The topological polar surface area (TPSA) is 3.24 Å². The maximum Gasteiger partial charge on any atom is 0.0546 e. The number of nitrogens with zero attached hydrogens (tertiary/aromatic N) is 1. The Morgan fingerprint density at radius 3 is 1.48 bits per heavy atom. The van der Waals surface area contributed by atoms with Gasteiger partial charge in [0.25, 0.3) is 0 Å². The third-order valence-corrected chi connectivity index (χ3v) is 14.3. The molecule has 0 heterocycles. The van der Waals surface area contributed by atoms with E-state index < -0.39 is 0 Å². The van der Waals surface area contributed by atoms with Crippen molar-refractivity contribution in [2.75, 3.05) is 4.90 Å². The number of hydrogen-bond donors (Lipinski definition) is 0. The van der Waals surface area contributed by atoms with Crippen LogP contribution >= 0.6 is 0 Å². The molecule has 0 amide bonds. The summed E-state index contributed by atoms with van der Waals surface area (Å²) >= 11 is 0. The zero-order chi connectivity index (χ0) is 41.5. The van der Waals surface area contributed by atoms with Gasteiger partial charge in [-0.3, -0.25) is 0 Å². The Balaban J connectivity index is 1.15. The number of anilines is 3. The zero-order valence-corrected chi connectivity index (χ0v) is 35.6. The SMILES string of the molecule is CC1(C)c2ccccc2-c2cc(-c3c(N(c4ccc(C(C)(c5ccccc5)c5ccccc5)cc4)c4ccc5c(c4)-c4ccccc4C5(C)C)ccc4ccccc34)ccc21. The van der Waals surface area contributed by atoms with Gasteiger partial charge in [-0.2, -0.15) is 0 Å². The van der Waals surface area contributed by atoms with Crippen molar-refractivity contribution in [3.05, 3.63) is 245 Å². The zero-order valence-electron chi connectivity index (χ0n) is 35.6. The summed E-state index contributed by atoms with van der Waals surface area (Å²) in [5, 5.41) is 2.46. The molecular weight excluding hydrogens is 735 g/mol. The molecule has 1 heteroatoms. The largest absolute Gasteiger partial charge is 0.310 e. The van der Waals surface area contributed by atoms with Crippen molar-refractivity contribution in [2.24, 2.45) is 0 Å². The summed E-state index contributed by atoms with van der Waals surface area (Å²) in [4.78, 5) is 2.51. The molecule has 11 rings (SSSR count). The summed E-state index contributed by atoms with van der Waals surface area (Å²) in [6, 6.07) is 77.1. The maximum absolute atomic E-state index is 2.51. The number of rotatable bonds is 7. The molecule has 0 atom stereocenters. The highest BCUT2D eigenvalue weighted by Gasteiger charge is 2.38. The second-order valence-electron chi connectivity index (χ2n) is 18.3. The van der Waals surface area contributed by atoms with Crippen LogP contribution in [-0.2, 0) is 16.2 Å². The minimum absolute atomic E-state index is 0.0672. The van der Waals surface area contributed by atoms with Crippen LogP contribution in [0, 0.1) is 0 Å². The molecule has 0 fully saturated rings. The van der Waals surface area contributed by atoms with Gasteiger partial charge >= 0.3 is 0 Å². The first-order chi connectivity index (χ1) is 29.7. The van der Waals surface area contributed by atoms with Gasteiger partial charge in [-0.1, -0.05) is 198 Å². The molecule has 61 heavy (non-hydrogen) atoms. The monoisotopic (exact) mass is 783 g/mol. The summed E-state index contributed by atoms with van der Waals surface area (Å²) in [6.07, 6.45) is 0.